The van der Waals surface area contributed by atoms with Gasteiger partial charge in [0.05, 0.1) is 14.2 Å². The van der Waals surface area contributed by atoms with E-state index in [0.29, 0.717) is 11.7 Å². The predicted molar refractivity (Wildman–Crippen MR) is 108 cm³/mol. The van der Waals surface area contributed by atoms with Crippen LogP contribution < -0.4 is 9.47 Å². The lowest BCUT2D eigenvalue weighted by molar-refractivity contribution is 0.352. The molecular weight excluding hydrogens is 362 g/mol. The fraction of sp³-hybridized carbons (Fsp3) is 0.190. The SMILES string of the molecule is COc1ccc(CN2CC=C(c3c[nH]c4ncccc34)C=C2Cl)cc1OC. The summed E-state index contributed by atoms with van der Waals surface area (Å²) in [5.74, 6) is 1.44. The topological polar surface area (TPSA) is 50.4 Å². The van der Waals surface area contributed by atoms with E-state index in [1.807, 2.05) is 36.5 Å². The molecule has 0 spiro atoms. The fourth-order valence-corrected chi connectivity index (χ4v) is 3.54. The summed E-state index contributed by atoms with van der Waals surface area (Å²) in [5.41, 5.74) is 4.20. The number of aromatic nitrogens is 2. The largest absolute Gasteiger partial charge is 0.493 e. The third-order valence-electron chi connectivity index (χ3n) is 4.69. The number of allylic oxidation sites excluding steroid dienone is 2. The molecule has 1 aliphatic rings. The first-order valence-electron chi connectivity index (χ1n) is 8.65. The van der Waals surface area contributed by atoms with Gasteiger partial charge in [0.2, 0.25) is 0 Å². The zero-order valence-electron chi connectivity index (χ0n) is 15.2. The molecule has 0 amide bonds. The molecule has 27 heavy (non-hydrogen) atoms. The lowest BCUT2D eigenvalue weighted by Crippen LogP contribution is -2.23. The zero-order valence-corrected chi connectivity index (χ0v) is 16.0. The maximum absolute atomic E-state index is 6.59. The molecule has 3 aromatic rings. The monoisotopic (exact) mass is 381 g/mol. The highest BCUT2D eigenvalue weighted by atomic mass is 35.5. The zero-order chi connectivity index (χ0) is 18.8. The second-order valence-electron chi connectivity index (χ2n) is 6.30. The maximum atomic E-state index is 6.59. The molecule has 1 aromatic carbocycles. The molecule has 0 atom stereocenters. The van der Waals surface area contributed by atoms with Gasteiger partial charge in [-0.05, 0) is 41.5 Å². The van der Waals surface area contributed by atoms with E-state index in [-0.39, 0.29) is 0 Å². The minimum atomic E-state index is 0.689. The first-order chi connectivity index (χ1) is 13.2. The highest BCUT2D eigenvalue weighted by Crippen LogP contribution is 2.32. The van der Waals surface area contributed by atoms with Crippen molar-refractivity contribution in [2.24, 2.45) is 0 Å². The standard InChI is InChI=1S/C21H20ClN3O2/c1-26-18-6-5-14(10-19(18)27-2)13-25-9-7-15(11-20(25)22)17-12-24-21-16(17)4-3-8-23-21/h3-8,10-12H,9,13H2,1-2H3,(H,23,24). The highest BCUT2D eigenvalue weighted by molar-refractivity contribution is 6.30. The minimum absolute atomic E-state index is 0.689. The minimum Gasteiger partial charge on any atom is -0.493 e. The highest BCUT2D eigenvalue weighted by Gasteiger charge is 2.17. The van der Waals surface area contributed by atoms with Gasteiger partial charge in [-0.3, -0.25) is 0 Å². The molecule has 138 valence electrons. The molecule has 0 radical (unpaired) electrons. The number of pyridine rings is 1. The van der Waals surface area contributed by atoms with E-state index in [4.69, 9.17) is 21.1 Å². The second-order valence-corrected chi connectivity index (χ2v) is 6.69. The Kier molecular flexibility index (Phi) is 4.77. The molecule has 1 N–H and O–H groups in total. The third kappa shape index (κ3) is 3.38. The normalized spacial score (nSPS) is 14.1. The lowest BCUT2D eigenvalue weighted by atomic mass is 10.0. The van der Waals surface area contributed by atoms with Crippen molar-refractivity contribution in [1.82, 2.24) is 14.9 Å². The van der Waals surface area contributed by atoms with Gasteiger partial charge in [-0.15, -0.1) is 0 Å². The van der Waals surface area contributed by atoms with Crippen LogP contribution in [-0.2, 0) is 6.54 Å². The number of hydrogen-bond donors (Lipinski definition) is 1. The third-order valence-corrected chi connectivity index (χ3v) is 5.04. The number of aromatic amines is 1. The molecular formula is C21H20ClN3O2. The molecule has 1 aliphatic heterocycles. The molecule has 2 aromatic heterocycles. The first kappa shape index (κ1) is 17.5. The molecule has 6 heteroatoms. The van der Waals surface area contributed by atoms with Crippen LogP contribution in [0.15, 0.2) is 60.0 Å². The molecule has 5 nitrogen and oxygen atoms in total. The quantitative estimate of drug-likeness (QED) is 0.658. The van der Waals surface area contributed by atoms with Crippen LogP contribution in [0.3, 0.4) is 0 Å². The van der Waals surface area contributed by atoms with E-state index in [9.17, 15) is 0 Å². The molecule has 0 aliphatic carbocycles. The van der Waals surface area contributed by atoms with Crippen molar-refractivity contribution in [2.45, 2.75) is 6.54 Å². The van der Waals surface area contributed by atoms with E-state index < -0.39 is 0 Å². The Labute approximate surface area is 162 Å². The summed E-state index contributed by atoms with van der Waals surface area (Å²) in [4.78, 5) is 9.67. The number of nitrogens with zero attached hydrogens (tertiary/aromatic N) is 2. The van der Waals surface area contributed by atoms with Crippen molar-refractivity contribution in [1.29, 1.82) is 0 Å². The van der Waals surface area contributed by atoms with Crippen molar-refractivity contribution in [3.05, 3.63) is 71.2 Å². The number of nitrogens with one attached hydrogen (secondary N) is 1. The van der Waals surface area contributed by atoms with Crippen LogP contribution in [0.2, 0.25) is 0 Å². The summed E-state index contributed by atoms with van der Waals surface area (Å²) in [7, 11) is 3.27. The smallest absolute Gasteiger partial charge is 0.161 e. The van der Waals surface area contributed by atoms with Crippen LogP contribution in [0, 0.1) is 0 Å². The van der Waals surface area contributed by atoms with Crippen LogP contribution >= 0.6 is 11.6 Å². The number of H-pyrrole nitrogens is 1. The molecule has 0 saturated heterocycles. The Morgan fingerprint density at radius 1 is 1.19 bits per heavy atom. The van der Waals surface area contributed by atoms with Crippen molar-refractivity contribution in [3.8, 4) is 11.5 Å². The average Bonchev–Trinajstić information content (AvgIpc) is 3.13. The van der Waals surface area contributed by atoms with Gasteiger partial charge in [0.25, 0.3) is 0 Å². The Morgan fingerprint density at radius 2 is 2.04 bits per heavy atom. The van der Waals surface area contributed by atoms with Crippen LogP contribution in [-0.4, -0.2) is 35.6 Å². The molecule has 4 rings (SSSR count). The van der Waals surface area contributed by atoms with Gasteiger partial charge in [0.15, 0.2) is 11.5 Å². The Bertz CT molecular complexity index is 1040. The number of fused-ring (bicyclic) bond motifs is 1. The van der Waals surface area contributed by atoms with E-state index in [0.717, 1.165) is 45.8 Å². The summed E-state index contributed by atoms with van der Waals surface area (Å²) in [5, 5.41) is 1.80. The van der Waals surface area contributed by atoms with E-state index in [1.54, 1.807) is 20.4 Å². The summed E-state index contributed by atoms with van der Waals surface area (Å²) < 4.78 is 10.7. The van der Waals surface area contributed by atoms with E-state index in [1.165, 1.54) is 0 Å². The number of rotatable bonds is 5. The Hall–Kier alpha value is -2.92. The van der Waals surface area contributed by atoms with Gasteiger partial charge < -0.3 is 19.4 Å². The number of ether oxygens (including phenoxy) is 2. The average molecular weight is 382 g/mol. The van der Waals surface area contributed by atoms with Gasteiger partial charge in [0, 0.05) is 36.4 Å². The second kappa shape index (κ2) is 7.37. The van der Waals surface area contributed by atoms with Gasteiger partial charge in [-0.2, -0.15) is 0 Å². The number of benzene rings is 1. The predicted octanol–water partition coefficient (Wildman–Crippen LogP) is 4.56. The van der Waals surface area contributed by atoms with E-state index in [2.05, 4.69) is 27.0 Å². The number of halogens is 1. The van der Waals surface area contributed by atoms with Crippen LogP contribution in [0.25, 0.3) is 16.6 Å². The number of methoxy groups -OCH3 is 2. The molecule has 0 bridgehead atoms. The Balaban J connectivity index is 1.55. The van der Waals surface area contributed by atoms with Crippen LogP contribution in [0.4, 0.5) is 0 Å². The Morgan fingerprint density at radius 3 is 2.81 bits per heavy atom. The molecule has 0 fully saturated rings. The van der Waals surface area contributed by atoms with Gasteiger partial charge in [0.1, 0.15) is 10.8 Å². The maximum Gasteiger partial charge on any atom is 0.161 e. The summed E-state index contributed by atoms with van der Waals surface area (Å²) in [6, 6.07) is 9.92. The lowest BCUT2D eigenvalue weighted by Gasteiger charge is -2.26. The number of hydrogen-bond acceptors (Lipinski definition) is 4. The van der Waals surface area contributed by atoms with E-state index >= 15 is 0 Å². The molecule has 3 heterocycles. The molecule has 0 unspecified atom stereocenters. The first-order valence-corrected chi connectivity index (χ1v) is 9.03. The fourth-order valence-electron chi connectivity index (χ4n) is 3.30. The van der Waals surface area contributed by atoms with Crippen molar-refractivity contribution < 1.29 is 9.47 Å². The summed E-state index contributed by atoms with van der Waals surface area (Å²) in [6.07, 6.45) is 7.95. The van der Waals surface area contributed by atoms with Gasteiger partial charge in [-0.25, -0.2) is 4.98 Å². The van der Waals surface area contributed by atoms with Crippen LogP contribution in [0.5, 0.6) is 11.5 Å². The molecule has 0 saturated carbocycles. The van der Waals surface area contributed by atoms with Gasteiger partial charge in [-0.1, -0.05) is 23.7 Å². The van der Waals surface area contributed by atoms with Gasteiger partial charge >= 0.3 is 0 Å². The van der Waals surface area contributed by atoms with Crippen molar-refractivity contribution in [2.75, 3.05) is 20.8 Å². The van der Waals surface area contributed by atoms with Crippen LogP contribution in [0.1, 0.15) is 11.1 Å². The van der Waals surface area contributed by atoms with Crippen molar-refractivity contribution in [3.63, 3.8) is 0 Å². The van der Waals surface area contributed by atoms with Crippen molar-refractivity contribution >= 4 is 28.2 Å². The summed E-state index contributed by atoms with van der Waals surface area (Å²) in [6.45, 7) is 1.42. The summed E-state index contributed by atoms with van der Waals surface area (Å²) >= 11 is 6.59.